The summed E-state index contributed by atoms with van der Waals surface area (Å²) in [6.07, 6.45) is 0.937. The Morgan fingerprint density at radius 3 is 2.57 bits per heavy atom. The molecule has 0 aliphatic carbocycles. The molecule has 2 aromatic rings. The molecule has 1 heterocycles. The Labute approximate surface area is 131 Å². The Morgan fingerprint density at radius 2 is 1.90 bits per heavy atom. The van der Waals surface area contributed by atoms with Crippen LogP contribution < -0.4 is 10.1 Å². The predicted molar refractivity (Wildman–Crippen MR) is 87.5 cm³/mol. The minimum absolute atomic E-state index is 0.0942. The van der Waals surface area contributed by atoms with Crippen molar-refractivity contribution in [2.75, 3.05) is 13.7 Å². The SMILES string of the molecule is CNC(c1cc(Cl)cc2c1OCC2)c1c(C)cccc1C. The van der Waals surface area contributed by atoms with Crippen molar-refractivity contribution in [2.45, 2.75) is 26.3 Å². The molecular weight excluding hydrogens is 282 g/mol. The standard InChI is InChI=1S/C18H20ClNO/c1-11-5-4-6-12(2)16(11)17(20-3)15-10-14(19)9-13-7-8-21-18(13)15/h4-6,9-10,17,20H,7-8H2,1-3H3. The molecule has 3 rings (SSSR count). The van der Waals surface area contributed by atoms with E-state index < -0.39 is 0 Å². The van der Waals surface area contributed by atoms with Crippen LogP contribution in [0.3, 0.4) is 0 Å². The lowest BCUT2D eigenvalue weighted by Gasteiger charge is -2.23. The second-order valence-electron chi connectivity index (χ2n) is 5.61. The first-order chi connectivity index (χ1) is 10.1. The zero-order valence-electron chi connectivity index (χ0n) is 12.7. The van der Waals surface area contributed by atoms with E-state index in [0.29, 0.717) is 0 Å². The smallest absolute Gasteiger partial charge is 0.127 e. The van der Waals surface area contributed by atoms with Gasteiger partial charge in [0, 0.05) is 17.0 Å². The van der Waals surface area contributed by atoms with Gasteiger partial charge in [0.15, 0.2) is 0 Å². The van der Waals surface area contributed by atoms with E-state index in [2.05, 4.69) is 37.4 Å². The number of nitrogens with one attached hydrogen (secondary N) is 1. The quantitative estimate of drug-likeness (QED) is 0.917. The molecule has 0 fully saturated rings. The van der Waals surface area contributed by atoms with E-state index in [0.717, 1.165) is 29.4 Å². The van der Waals surface area contributed by atoms with E-state index >= 15 is 0 Å². The largest absolute Gasteiger partial charge is 0.493 e. The first kappa shape index (κ1) is 14.4. The fourth-order valence-corrected chi connectivity index (χ4v) is 3.50. The average molecular weight is 302 g/mol. The van der Waals surface area contributed by atoms with Crippen molar-refractivity contribution in [1.82, 2.24) is 5.32 Å². The fraction of sp³-hybridized carbons (Fsp3) is 0.333. The molecule has 21 heavy (non-hydrogen) atoms. The zero-order valence-corrected chi connectivity index (χ0v) is 13.4. The van der Waals surface area contributed by atoms with E-state index in [1.165, 1.54) is 22.3 Å². The molecular formula is C18H20ClNO. The van der Waals surface area contributed by atoms with Gasteiger partial charge in [0.1, 0.15) is 5.75 Å². The lowest BCUT2D eigenvalue weighted by atomic mass is 9.90. The average Bonchev–Trinajstić information content (AvgIpc) is 2.90. The van der Waals surface area contributed by atoms with Crippen LogP contribution in [0.2, 0.25) is 5.02 Å². The third kappa shape index (κ3) is 2.54. The molecule has 0 spiro atoms. The number of aryl methyl sites for hydroxylation is 2. The highest BCUT2D eigenvalue weighted by Crippen LogP contribution is 2.39. The topological polar surface area (TPSA) is 21.3 Å². The van der Waals surface area contributed by atoms with Crippen LogP contribution in [0.15, 0.2) is 30.3 Å². The molecule has 2 aromatic carbocycles. The summed E-state index contributed by atoms with van der Waals surface area (Å²) in [7, 11) is 1.98. The van der Waals surface area contributed by atoms with Gasteiger partial charge in [-0.15, -0.1) is 0 Å². The Morgan fingerprint density at radius 1 is 1.19 bits per heavy atom. The third-order valence-corrected chi connectivity index (χ3v) is 4.43. The number of halogens is 1. The molecule has 0 bridgehead atoms. The van der Waals surface area contributed by atoms with Gasteiger partial charge >= 0.3 is 0 Å². The Hall–Kier alpha value is -1.51. The summed E-state index contributed by atoms with van der Waals surface area (Å²) in [5.74, 6) is 1.00. The van der Waals surface area contributed by atoms with E-state index in [-0.39, 0.29) is 6.04 Å². The highest BCUT2D eigenvalue weighted by atomic mass is 35.5. The number of benzene rings is 2. The van der Waals surface area contributed by atoms with Crippen LogP contribution in [0.4, 0.5) is 0 Å². The first-order valence-electron chi connectivity index (χ1n) is 7.30. The van der Waals surface area contributed by atoms with Crippen molar-refractivity contribution in [2.24, 2.45) is 0 Å². The van der Waals surface area contributed by atoms with Crippen LogP contribution in [-0.2, 0) is 6.42 Å². The van der Waals surface area contributed by atoms with Crippen LogP contribution in [0, 0.1) is 13.8 Å². The lowest BCUT2D eigenvalue weighted by Crippen LogP contribution is -2.20. The maximum Gasteiger partial charge on any atom is 0.127 e. The second kappa shape index (κ2) is 5.70. The minimum Gasteiger partial charge on any atom is -0.493 e. The van der Waals surface area contributed by atoms with Crippen LogP contribution in [-0.4, -0.2) is 13.7 Å². The van der Waals surface area contributed by atoms with Crippen molar-refractivity contribution in [3.05, 3.63) is 63.2 Å². The van der Waals surface area contributed by atoms with E-state index in [4.69, 9.17) is 16.3 Å². The molecule has 1 aliphatic rings. The van der Waals surface area contributed by atoms with Crippen molar-refractivity contribution >= 4 is 11.6 Å². The summed E-state index contributed by atoms with van der Waals surface area (Å²) in [6.45, 7) is 5.04. The molecule has 0 aromatic heterocycles. The molecule has 0 saturated heterocycles. The Kier molecular flexibility index (Phi) is 3.92. The summed E-state index contributed by atoms with van der Waals surface area (Å²) in [4.78, 5) is 0. The number of hydrogen-bond acceptors (Lipinski definition) is 2. The molecule has 1 unspecified atom stereocenters. The Balaban J connectivity index is 2.18. The molecule has 1 aliphatic heterocycles. The fourth-order valence-electron chi connectivity index (χ4n) is 3.25. The number of rotatable bonds is 3. The number of ether oxygens (including phenoxy) is 1. The molecule has 0 amide bonds. The van der Waals surface area contributed by atoms with Gasteiger partial charge in [-0.3, -0.25) is 0 Å². The van der Waals surface area contributed by atoms with Crippen molar-refractivity contribution in [1.29, 1.82) is 0 Å². The van der Waals surface area contributed by atoms with Gasteiger partial charge in [-0.2, -0.15) is 0 Å². The molecule has 1 atom stereocenters. The van der Waals surface area contributed by atoms with Crippen LogP contribution >= 0.6 is 11.6 Å². The monoisotopic (exact) mass is 301 g/mol. The van der Waals surface area contributed by atoms with Gasteiger partial charge in [0.25, 0.3) is 0 Å². The molecule has 0 saturated carbocycles. The van der Waals surface area contributed by atoms with E-state index in [1.54, 1.807) is 0 Å². The molecule has 1 N–H and O–H groups in total. The number of fused-ring (bicyclic) bond motifs is 1. The summed E-state index contributed by atoms with van der Waals surface area (Å²) >= 11 is 6.31. The predicted octanol–water partition coefficient (Wildman–Crippen LogP) is 4.20. The zero-order chi connectivity index (χ0) is 15.0. The lowest BCUT2D eigenvalue weighted by molar-refractivity contribution is 0.351. The van der Waals surface area contributed by atoms with Crippen molar-refractivity contribution in [3.63, 3.8) is 0 Å². The van der Waals surface area contributed by atoms with Crippen LogP contribution in [0.1, 0.15) is 33.9 Å². The Bertz CT molecular complexity index is 661. The summed E-state index contributed by atoms with van der Waals surface area (Å²) in [5, 5.41) is 4.21. The van der Waals surface area contributed by atoms with Gasteiger partial charge in [-0.05, 0) is 55.3 Å². The van der Waals surface area contributed by atoms with Crippen LogP contribution in [0.5, 0.6) is 5.75 Å². The van der Waals surface area contributed by atoms with Crippen molar-refractivity contribution in [3.8, 4) is 5.75 Å². The summed E-state index contributed by atoms with van der Waals surface area (Å²) in [6, 6.07) is 10.5. The van der Waals surface area contributed by atoms with Gasteiger partial charge in [0.2, 0.25) is 0 Å². The third-order valence-electron chi connectivity index (χ3n) is 4.21. The number of hydrogen-bond donors (Lipinski definition) is 1. The maximum absolute atomic E-state index is 6.31. The van der Waals surface area contributed by atoms with E-state index in [9.17, 15) is 0 Å². The molecule has 0 radical (unpaired) electrons. The molecule has 3 heteroatoms. The summed E-state index contributed by atoms with van der Waals surface area (Å²) in [5.41, 5.74) is 6.21. The highest BCUT2D eigenvalue weighted by molar-refractivity contribution is 6.30. The van der Waals surface area contributed by atoms with Crippen molar-refractivity contribution < 1.29 is 4.74 Å². The molecule has 2 nitrogen and oxygen atoms in total. The second-order valence-corrected chi connectivity index (χ2v) is 6.05. The normalized spacial score (nSPS) is 14.7. The molecule has 110 valence electrons. The van der Waals surface area contributed by atoms with E-state index in [1.807, 2.05) is 19.2 Å². The van der Waals surface area contributed by atoms with Gasteiger partial charge in [-0.1, -0.05) is 29.8 Å². The summed E-state index contributed by atoms with van der Waals surface area (Å²) < 4.78 is 5.87. The highest BCUT2D eigenvalue weighted by Gasteiger charge is 2.25. The van der Waals surface area contributed by atoms with Gasteiger partial charge in [-0.25, -0.2) is 0 Å². The van der Waals surface area contributed by atoms with Crippen LogP contribution in [0.25, 0.3) is 0 Å². The first-order valence-corrected chi connectivity index (χ1v) is 7.68. The van der Waals surface area contributed by atoms with Gasteiger partial charge < -0.3 is 10.1 Å². The maximum atomic E-state index is 6.31. The van der Waals surface area contributed by atoms with Gasteiger partial charge in [0.05, 0.1) is 12.6 Å². The minimum atomic E-state index is 0.0942.